The maximum absolute atomic E-state index is 12.8. The normalized spacial score (nSPS) is 19.6. The predicted molar refractivity (Wildman–Crippen MR) is 121 cm³/mol. The number of nitrogens with zero attached hydrogens (tertiary/aromatic N) is 2. The summed E-state index contributed by atoms with van der Waals surface area (Å²) in [7, 11) is 0. The summed E-state index contributed by atoms with van der Waals surface area (Å²) in [6, 6.07) is 13.6. The molecular formula is C22H27BrClN3O3. The zero-order chi connectivity index (χ0) is 21.7. The third-order valence-electron chi connectivity index (χ3n) is 4.55. The van der Waals surface area contributed by atoms with Crippen LogP contribution in [0.1, 0.15) is 37.9 Å². The summed E-state index contributed by atoms with van der Waals surface area (Å²) < 4.78 is 12.2. The van der Waals surface area contributed by atoms with E-state index in [1.165, 1.54) is 0 Å². The van der Waals surface area contributed by atoms with Crippen LogP contribution in [0.5, 0.6) is 0 Å². The number of halogens is 2. The van der Waals surface area contributed by atoms with E-state index < -0.39 is 5.60 Å². The minimum absolute atomic E-state index is 0.0503. The lowest BCUT2D eigenvalue weighted by atomic mass is 10.0. The molecule has 0 unspecified atom stereocenters. The van der Waals surface area contributed by atoms with Crippen LogP contribution >= 0.6 is 27.5 Å². The fraction of sp³-hybridized carbons (Fsp3) is 0.455. The first kappa shape index (κ1) is 23.0. The van der Waals surface area contributed by atoms with Gasteiger partial charge < -0.3 is 19.7 Å². The van der Waals surface area contributed by atoms with Crippen LogP contribution in [0.25, 0.3) is 0 Å². The number of hydrogen-bond acceptors (Lipinski definition) is 5. The SMILES string of the molecule is CC(C)(C)OC(=O)N1C[C@@H](COCc2ccccc2)N[C@H](c2cc(Cl)nc(Br)c2)C1. The van der Waals surface area contributed by atoms with Crippen LogP contribution in [0, 0.1) is 0 Å². The van der Waals surface area contributed by atoms with Crippen LogP contribution < -0.4 is 5.32 Å². The van der Waals surface area contributed by atoms with Gasteiger partial charge in [0.2, 0.25) is 0 Å². The molecule has 8 heteroatoms. The topological polar surface area (TPSA) is 63.7 Å². The minimum atomic E-state index is -0.556. The fourth-order valence-electron chi connectivity index (χ4n) is 3.31. The number of piperazine rings is 1. The summed E-state index contributed by atoms with van der Waals surface area (Å²) >= 11 is 9.54. The Morgan fingerprint density at radius 3 is 2.67 bits per heavy atom. The van der Waals surface area contributed by atoms with Gasteiger partial charge in [-0.05, 0) is 60.0 Å². The Morgan fingerprint density at radius 2 is 2.00 bits per heavy atom. The minimum Gasteiger partial charge on any atom is -0.444 e. The average molecular weight is 497 g/mol. The summed E-state index contributed by atoms with van der Waals surface area (Å²) in [5.41, 5.74) is 1.50. The second-order valence-electron chi connectivity index (χ2n) is 8.35. The molecule has 1 amide bonds. The average Bonchev–Trinajstić information content (AvgIpc) is 2.66. The first-order valence-corrected chi connectivity index (χ1v) is 11.1. The summed E-state index contributed by atoms with van der Waals surface area (Å²) in [6.07, 6.45) is -0.332. The number of pyridine rings is 1. The first-order chi connectivity index (χ1) is 14.2. The molecule has 1 aliphatic heterocycles. The molecule has 0 saturated carbocycles. The molecule has 0 aliphatic carbocycles. The second-order valence-corrected chi connectivity index (χ2v) is 9.55. The van der Waals surface area contributed by atoms with Crippen molar-refractivity contribution in [1.82, 2.24) is 15.2 Å². The quantitative estimate of drug-likeness (QED) is 0.593. The molecule has 1 aromatic heterocycles. The van der Waals surface area contributed by atoms with E-state index in [0.29, 0.717) is 36.1 Å². The molecule has 1 aliphatic rings. The van der Waals surface area contributed by atoms with Gasteiger partial charge in [-0.25, -0.2) is 9.78 Å². The van der Waals surface area contributed by atoms with Gasteiger partial charge in [0.05, 0.1) is 19.3 Å². The molecule has 1 aromatic carbocycles. The van der Waals surface area contributed by atoms with Crippen LogP contribution in [0.4, 0.5) is 4.79 Å². The third kappa shape index (κ3) is 6.94. The van der Waals surface area contributed by atoms with Crippen LogP contribution in [-0.2, 0) is 16.1 Å². The number of carbonyl (C=O) groups excluding carboxylic acids is 1. The monoisotopic (exact) mass is 495 g/mol. The number of hydrogen-bond donors (Lipinski definition) is 1. The lowest BCUT2D eigenvalue weighted by molar-refractivity contribution is 0.00666. The number of carbonyl (C=O) groups is 1. The smallest absolute Gasteiger partial charge is 0.410 e. The molecular weight excluding hydrogens is 470 g/mol. The number of aromatic nitrogens is 1. The van der Waals surface area contributed by atoms with Gasteiger partial charge in [0, 0.05) is 19.1 Å². The molecule has 0 radical (unpaired) electrons. The maximum Gasteiger partial charge on any atom is 0.410 e. The van der Waals surface area contributed by atoms with Gasteiger partial charge >= 0.3 is 6.09 Å². The maximum atomic E-state index is 12.8. The fourth-order valence-corrected chi connectivity index (χ4v) is 4.08. The number of rotatable bonds is 5. The highest BCUT2D eigenvalue weighted by atomic mass is 79.9. The van der Waals surface area contributed by atoms with E-state index in [-0.39, 0.29) is 18.2 Å². The van der Waals surface area contributed by atoms with Crippen LogP contribution in [0.3, 0.4) is 0 Å². The van der Waals surface area contributed by atoms with Gasteiger partial charge in [0.25, 0.3) is 0 Å². The Hall–Kier alpha value is -1.67. The molecule has 2 aromatic rings. The number of nitrogens with one attached hydrogen (secondary N) is 1. The third-order valence-corrected chi connectivity index (χ3v) is 5.15. The van der Waals surface area contributed by atoms with E-state index in [2.05, 4.69) is 26.2 Å². The molecule has 162 valence electrons. The van der Waals surface area contributed by atoms with E-state index in [0.717, 1.165) is 11.1 Å². The molecule has 0 spiro atoms. The van der Waals surface area contributed by atoms with E-state index in [4.69, 9.17) is 21.1 Å². The standard InChI is InChI=1S/C22H27BrClN3O3/c1-22(2,3)30-21(28)27-11-17(14-29-13-15-7-5-4-6-8-15)25-18(12-27)16-9-19(23)26-20(24)10-16/h4-10,17-18,25H,11-14H2,1-3H3/t17-,18-/m0/s1. The Labute approximate surface area is 191 Å². The van der Waals surface area contributed by atoms with Crippen LogP contribution in [0.2, 0.25) is 5.15 Å². The number of benzene rings is 1. The molecule has 3 rings (SSSR count). The Bertz CT molecular complexity index is 840. The summed E-state index contributed by atoms with van der Waals surface area (Å²) in [5, 5.41) is 3.97. The van der Waals surface area contributed by atoms with Crippen LogP contribution in [-0.4, -0.2) is 47.3 Å². The zero-order valence-electron chi connectivity index (χ0n) is 17.4. The van der Waals surface area contributed by atoms with Gasteiger partial charge in [0.1, 0.15) is 15.4 Å². The van der Waals surface area contributed by atoms with Crippen molar-refractivity contribution < 1.29 is 14.3 Å². The van der Waals surface area contributed by atoms with E-state index >= 15 is 0 Å². The van der Waals surface area contributed by atoms with E-state index in [1.807, 2.05) is 63.2 Å². The van der Waals surface area contributed by atoms with E-state index in [9.17, 15) is 4.79 Å². The van der Waals surface area contributed by atoms with Crippen molar-refractivity contribution in [2.45, 2.75) is 45.1 Å². The van der Waals surface area contributed by atoms with Crippen molar-refractivity contribution in [2.24, 2.45) is 0 Å². The Morgan fingerprint density at radius 1 is 1.27 bits per heavy atom. The van der Waals surface area contributed by atoms with Crippen molar-refractivity contribution in [1.29, 1.82) is 0 Å². The molecule has 1 fully saturated rings. The van der Waals surface area contributed by atoms with Gasteiger partial charge in [-0.2, -0.15) is 0 Å². The van der Waals surface area contributed by atoms with E-state index in [1.54, 1.807) is 4.90 Å². The molecule has 2 atom stereocenters. The second kappa shape index (κ2) is 10.1. The summed E-state index contributed by atoms with van der Waals surface area (Å²) in [5.74, 6) is 0. The predicted octanol–water partition coefficient (Wildman–Crippen LogP) is 4.96. The molecule has 1 N–H and O–H groups in total. The highest BCUT2D eigenvalue weighted by molar-refractivity contribution is 9.10. The van der Waals surface area contributed by atoms with Crippen molar-refractivity contribution in [3.63, 3.8) is 0 Å². The molecule has 1 saturated heterocycles. The highest BCUT2D eigenvalue weighted by Gasteiger charge is 2.33. The summed E-state index contributed by atoms with van der Waals surface area (Å²) in [4.78, 5) is 18.6. The Balaban J connectivity index is 1.71. The zero-order valence-corrected chi connectivity index (χ0v) is 19.7. The Kier molecular flexibility index (Phi) is 7.74. The van der Waals surface area contributed by atoms with Gasteiger partial charge in [-0.1, -0.05) is 41.9 Å². The summed E-state index contributed by atoms with van der Waals surface area (Å²) in [6.45, 7) is 7.55. The van der Waals surface area contributed by atoms with Gasteiger partial charge in [-0.15, -0.1) is 0 Å². The number of amides is 1. The van der Waals surface area contributed by atoms with Crippen LogP contribution in [0.15, 0.2) is 47.1 Å². The molecule has 2 heterocycles. The van der Waals surface area contributed by atoms with Gasteiger partial charge in [-0.3, -0.25) is 0 Å². The van der Waals surface area contributed by atoms with Crippen molar-refractivity contribution >= 4 is 33.6 Å². The largest absolute Gasteiger partial charge is 0.444 e. The van der Waals surface area contributed by atoms with Crippen molar-refractivity contribution in [3.05, 3.63) is 63.3 Å². The lowest BCUT2D eigenvalue weighted by Crippen LogP contribution is -2.56. The molecule has 6 nitrogen and oxygen atoms in total. The number of ether oxygens (including phenoxy) is 2. The van der Waals surface area contributed by atoms with Crippen molar-refractivity contribution in [3.8, 4) is 0 Å². The molecule has 0 bridgehead atoms. The highest BCUT2D eigenvalue weighted by Crippen LogP contribution is 2.25. The van der Waals surface area contributed by atoms with Gasteiger partial charge in [0.15, 0.2) is 0 Å². The first-order valence-electron chi connectivity index (χ1n) is 9.88. The van der Waals surface area contributed by atoms with Crippen molar-refractivity contribution in [2.75, 3.05) is 19.7 Å². The lowest BCUT2D eigenvalue weighted by Gasteiger charge is -2.39. The molecule has 30 heavy (non-hydrogen) atoms.